The van der Waals surface area contributed by atoms with Crippen molar-refractivity contribution in [3.05, 3.63) is 55.2 Å². The van der Waals surface area contributed by atoms with Gasteiger partial charge in [0.25, 0.3) is 5.91 Å². The van der Waals surface area contributed by atoms with Crippen LogP contribution in [0.25, 0.3) is 0 Å². The standard InChI is InChI=1S/C13H9Cl2IN2O/c1-7-4-9(16)6-17-12(7)18-13(19)10-3-2-8(14)5-11(10)15/h2-6H,1H3,(H,17,18,19). The lowest BCUT2D eigenvalue weighted by molar-refractivity contribution is 0.102. The highest BCUT2D eigenvalue weighted by Gasteiger charge is 2.12. The second-order valence-corrected chi connectivity index (χ2v) is 5.99. The minimum absolute atomic E-state index is 0.307. The van der Waals surface area contributed by atoms with Crippen LogP contribution in [0.4, 0.5) is 5.82 Å². The molecule has 2 rings (SSSR count). The number of amides is 1. The number of hydrogen-bond acceptors (Lipinski definition) is 2. The monoisotopic (exact) mass is 406 g/mol. The van der Waals surface area contributed by atoms with Crippen molar-refractivity contribution in [3.63, 3.8) is 0 Å². The van der Waals surface area contributed by atoms with Gasteiger partial charge in [-0.3, -0.25) is 4.79 Å². The number of rotatable bonds is 2. The van der Waals surface area contributed by atoms with Crippen molar-refractivity contribution in [1.29, 1.82) is 0 Å². The number of benzene rings is 1. The van der Waals surface area contributed by atoms with Crippen LogP contribution in [0.1, 0.15) is 15.9 Å². The van der Waals surface area contributed by atoms with Crippen LogP contribution in [-0.2, 0) is 0 Å². The second-order valence-electron chi connectivity index (χ2n) is 3.90. The van der Waals surface area contributed by atoms with Gasteiger partial charge in [-0.1, -0.05) is 23.2 Å². The number of nitrogens with one attached hydrogen (secondary N) is 1. The number of halogens is 3. The molecule has 1 N–H and O–H groups in total. The van der Waals surface area contributed by atoms with Crippen LogP contribution >= 0.6 is 45.8 Å². The molecule has 0 atom stereocenters. The Kier molecular flexibility index (Phi) is 4.65. The molecule has 0 spiro atoms. The molecule has 0 aliphatic carbocycles. The molecular formula is C13H9Cl2IN2O. The van der Waals surface area contributed by atoms with Crippen molar-refractivity contribution in [2.24, 2.45) is 0 Å². The summed E-state index contributed by atoms with van der Waals surface area (Å²) in [5, 5.41) is 3.54. The van der Waals surface area contributed by atoms with Gasteiger partial charge in [-0.25, -0.2) is 4.98 Å². The first-order chi connectivity index (χ1) is 8.97. The minimum atomic E-state index is -0.307. The average molecular weight is 407 g/mol. The van der Waals surface area contributed by atoms with Gasteiger partial charge in [-0.2, -0.15) is 0 Å². The van der Waals surface area contributed by atoms with Crippen molar-refractivity contribution >= 4 is 57.5 Å². The van der Waals surface area contributed by atoms with E-state index in [1.165, 1.54) is 6.07 Å². The lowest BCUT2D eigenvalue weighted by atomic mass is 10.2. The van der Waals surface area contributed by atoms with Gasteiger partial charge in [-0.05, 0) is 59.3 Å². The van der Waals surface area contributed by atoms with Gasteiger partial charge in [0.05, 0.1) is 10.6 Å². The fourth-order valence-electron chi connectivity index (χ4n) is 1.52. The summed E-state index contributed by atoms with van der Waals surface area (Å²) in [5.74, 6) is 0.218. The molecule has 1 aromatic heterocycles. The fraction of sp³-hybridized carbons (Fsp3) is 0.0769. The van der Waals surface area contributed by atoms with E-state index in [1.807, 2.05) is 13.0 Å². The zero-order valence-corrected chi connectivity index (χ0v) is 13.5. The molecule has 1 amide bonds. The third kappa shape index (κ3) is 3.58. The van der Waals surface area contributed by atoms with Gasteiger partial charge in [-0.15, -0.1) is 0 Å². The Hall–Kier alpha value is -0.850. The van der Waals surface area contributed by atoms with Crippen molar-refractivity contribution in [2.45, 2.75) is 6.92 Å². The molecule has 0 bridgehead atoms. The van der Waals surface area contributed by atoms with Crippen LogP contribution in [0.3, 0.4) is 0 Å². The number of aromatic nitrogens is 1. The van der Waals surface area contributed by atoms with Crippen molar-refractivity contribution in [1.82, 2.24) is 4.98 Å². The maximum absolute atomic E-state index is 12.1. The van der Waals surface area contributed by atoms with Crippen LogP contribution in [0.2, 0.25) is 10.0 Å². The highest BCUT2D eigenvalue weighted by atomic mass is 127. The van der Waals surface area contributed by atoms with E-state index >= 15 is 0 Å². The maximum atomic E-state index is 12.1. The van der Waals surface area contributed by atoms with E-state index in [9.17, 15) is 4.79 Å². The van der Waals surface area contributed by atoms with E-state index in [-0.39, 0.29) is 5.91 Å². The number of carbonyl (C=O) groups is 1. The van der Waals surface area contributed by atoms with E-state index in [0.717, 1.165) is 9.13 Å². The smallest absolute Gasteiger partial charge is 0.258 e. The lowest BCUT2D eigenvalue weighted by Gasteiger charge is -2.08. The van der Waals surface area contributed by atoms with Gasteiger partial charge in [0.2, 0.25) is 0 Å². The van der Waals surface area contributed by atoms with Gasteiger partial charge in [0, 0.05) is 14.8 Å². The Morgan fingerprint density at radius 2 is 2.05 bits per heavy atom. The molecule has 1 aromatic carbocycles. The molecule has 1 heterocycles. The number of anilines is 1. The van der Waals surface area contributed by atoms with E-state index in [0.29, 0.717) is 21.4 Å². The van der Waals surface area contributed by atoms with Gasteiger partial charge in [0.1, 0.15) is 5.82 Å². The topological polar surface area (TPSA) is 42.0 Å². The summed E-state index contributed by atoms with van der Waals surface area (Å²) in [7, 11) is 0. The van der Waals surface area contributed by atoms with Gasteiger partial charge >= 0.3 is 0 Å². The number of aryl methyl sites for hydroxylation is 1. The third-order valence-electron chi connectivity index (χ3n) is 2.45. The Morgan fingerprint density at radius 3 is 2.68 bits per heavy atom. The molecule has 98 valence electrons. The lowest BCUT2D eigenvalue weighted by Crippen LogP contribution is -2.14. The van der Waals surface area contributed by atoms with E-state index in [2.05, 4.69) is 32.9 Å². The number of carbonyl (C=O) groups excluding carboxylic acids is 1. The molecule has 6 heteroatoms. The van der Waals surface area contributed by atoms with Crippen molar-refractivity contribution in [3.8, 4) is 0 Å². The Balaban J connectivity index is 2.25. The van der Waals surface area contributed by atoms with Crippen LogP contribution in [0, 0.1) is 10.5 Å². The quantitative estimate of drug-likeness (QED) is 0.743. The predicted molar refractivity (Wildman–Crippen MR) is 86.1 cm³/mol. The highest BCUT2D eigenvalue weighted by Crippen LogP contribution is 2.22. The summed E-state index contributed by atoms with van der Waals surface area (Å²) in [5.41, 5.74) is 1.26. The average Bonchev–Trinajstić information content (AvgIpc) is 2.32. The molecule has 2 aromatic rings. The zero-order valence-electron chi connectivity index (χ0n) is 9.88. The van der Waals surface area contributed by atoms with Crippen LogP contribution in [0.15, 0.2) is 30.5 Å². The number of nitrogens with zero attached hydrogens (tertiary/aromatic N) is 1. The zero-order chi connectivity index (χ0) is 14.0. The van der Waals surface area contributed by atoms with E-state index < -0.39 is 0 Å². The van der Waals surface area contributed by atoms with Crippen molar-refractivity contribution < 1.29 is 4.79 Å². The molecule has 0 saturated carbocycles. The fourth-order valence-corrected chi connectivity index (χ4v) is 2.62. The Morgan fingerprint density at radius 1 is 1.32 bits per heavy atom. The molecule has 0 aliphatic heterocycles. The maximum Gasteiger partial charge on any atom is 0.258 e. The molecule has 0 radical (unpaired) electrons. The van der Waals surface area contributed by atoms with Crippen LogP contribution < -0.4 is 5.32 Å². The van der Waals surface area contributed by atoms with Crippen LogP contribution in [0.5, 0.6) is 0 Å². The largest absolute Gasteiger partial charge is 0.306 e. The SMILES string of the molecule is Cc1cc(I)cnc1NC(=O)c1ccc(Cl)cc1Cl. The minimum Gasteiger partial charge on any atom is -0.306 e. The summed E-state index contributed by atoms with van der Waals surface area (Å²) in [4.78, 5) is 16.3. The first-order valence-corrected chi connectivity index (χ1v) is 7.19. The third-order valence-corrected chi connectivity index (χ3v) is 3.59. The van der Waals surface area contributed by atoms with E-state index in [4.69, 9.17) is 23.2 Å². The highest BCUT2D eigenvalue weighted by molar-refractivity contribution is 14.1. The molecule has 0 fully saturated rings. The Labute approximate surface area is 134 Å². The summed E-state index contributed by atoms with van der Waals surface area (Å²) in [6.45, 7) is 1.88. The molecule has 19 heavy (non-hydrogen) atoms. The summed E-state index contributed by atoms with van der Waals surface area (Å²) in [6, 6.07) is 6.68. The summed E-state index contributed by atoms with van der Waals surface area (Å²) < 4.78 is 1.01. The normalized spacial score (nSPS) is 10.3. The van der Waals surface area contributed by atoms with Crippen LogP contribution in [-0.4, -0.2) is 10.9 Å². The predicted octanol–water partition coefficient (Wildman–Crippen LogP) is 4.55. The molecule has 0 saturated heterocycles. The second kappa shape index (κ2) is 6.07. The molecular weight excluding hydrogens is 398 g/mol. The molecule has 0 aliphatic rings. The molecule has 0 unspecified atom stereocenters. The van der Waals surface area contributed by atoms with Gasteiger partial charge in [0.15, 0.2) is 0 Å². The Bertz CT molecular complexity index is 647. The molecule has 3 nitrogen and oxygen atoms in total. The number of hydrogen-bond donors (Lipinski definition) is 1. The first kappa shape index (κ1) is 14.6. The summed E-state index contributed by atoms with van der Waals surface area (Å²) >= 11 is 13.9. The number of pyridine rings is 1. The first-order valence-electron chi connectivity index (χ1n) is 5.36. The van der Waals surface area contributed by atoms with Gasteiger partial charge < -0.3 is 5.32 Å². The van der Waals surface area contributed by atoms with E-state index in [1.54, 1.807) is 18.3 Å². The van der Waals surface area contributed by atoms with Crippen molar-refractivity contribution in [2.75, 3.05) is 5.32 Å². The summed E-state index contributed by atoms with van der Waals surface area (Å²) in [6.07, 6.45) is 1.69.